The second-order valence-electron chi connectivity index (χ2n) is 9.30. The van der Waals surface area contributed by atoms with Crippen molar-refractivity contribution in [1.29, 1.82) is 5.26 Å². The number of aromatic hydroxyl groups is 1. The fraction of sp³-hybridized carbons (Fsp3) is 0.440. The van der Waals surface area contributed by atoms with Crippen LogP contribution in [0.25, 0.3) is 0 Å². The first-order valence-corrected chi connectivity index (χ1v) is 10.7. The minimum absolute atomic E-state index is 0.0816. The largest absolute Gasteiger partial charge is 0.508 e. The SMILES string of the molecule is CC(C)(C)c1ccc(O)c(CC(=O)Cc2ccnc(C(=O)NC3(C#N)CCOCC3)c2)c1. The highest BCUT2D eigenvalue weighted by Crippen LogP contribution is 2.28. The number of carbonyl (C=O) groups is 2. The summed E-state index contributed by atoms with van der Waals surface area (Å²) in [4.78, 5) is 29.5. The number of nitrogens with one attached hydrogen (secondary N) is 1. The Hall–Kier alpha value is -3.24. The Balaban J connectivity index is 1.69. The molecule has 1 aromatic heterocycles. The molecule has 1 aliphatic rings. The third kappa shape index (κ3) is 5.71. The quantitative estimate of drug-likeness (QED) is 0.720. The van der Waals surface area contributed by atoms with Gasteiger partial charge in [0.15, 0.2) is 0 Å². The lowest BCUT2D eigenvalue weighted by Gasteiger charge is -2.31. The van der Waals surface area contributed by atoms with E-state index in [1.54, 1.807) is 18.2 Å². The van der Waals surface area contributed by atoms with E-state index in [-0.39, 0.29) is 35.5 Å². The van der Waals surface area contributed by atoms with Crippen molar-refractivity contribution in [2.75, 3.05) is 13.2 Å². The van der Waals surface area contributed by atoms with Crippen molar-refractivity contribution in [2.45, 2.75) is 57.4 Å². The molecule has 32 heavy (non-hydrogen) atoms. The van der Waals surface area contributed by atoms with Gasteiger partial charge in [-0.05, 0) is 34.7 Å². The number of pyridine rings is 1. The van der Waals surface area contributed by atoms with Crippen LogP contribution < -0.4 is 5.32 Å². The molecule has 1 fully saturated rings. The Labute approximate surface area is 188 Å². The maximum atomic E-state index is 12.7. The summed E-state index contributed by atoms with van der Waals surface area (Å²) < 4.78 is 5.29. The topological polar surface area (TPSA) is 112 Å². The molecule has 0 atom stereocenters. The van der Waals surface area contributed by atoms with Crippen molar-refractivity contribution < 1.29 is 19.4 Å². The highest BCUT2D eigenvalue weighted by Gasteiger charge is 2.34. The summed E-state index contributed by atoms with van der Waals surface area (Å²) >= 11 is 0. The molecule has 0 saturated carbocycles. The maximum Gasteiger partial charge on any atom is 0.271 e. The number of aromatic nitrogens is 1. The van der Waals surface area contributed by atoms with Gasteiger partial charge in [-0.2, -0.15) is 5.26 Å². The molecular weight excluding hydrogens is 406 g/mol. The molecule has 0 spiro atoms. The lowest BCUT2D eigenvalue weighted by molar-refractivity contribution is -0.117. The third-order valence-corrected chi connectivity index (χ3v) is 5.70. The van der Waals surface area contributed by atoms with Gasteiger partial charge in [0.2, 0.25) is 0 Å². The Morgan fingerprint density at radius 2 is 1.91 bits per heavy atom. The fourth-order valence-corrected chi connectivity index (χ4v) is 3.67. The molecule has 7 heteroatoms. The first-order valence-electron chi connectivity index (χ1n) is 10.7. The number of ketones is 1. The molecular formula is C25H29N3O4. The second-order valence-corrected chi connectivity index (χ2v) is 9.30. The number of rotatable bonds is 6. The van der Waals surface area contributed by atoms with Crippen molar-refractivity contribution in [2.24, 2.45) is 0 Å². The molecule has 3 rings (SSSR count). The number of benzene rings is 1. The average Bonchev–Trinajstić information content (AvgIpc) is 2.75. The van der Waals surface area contributed by atoms with Gasteiger partial charge >= 0.3 is 0 Å². The van der Waals surface area contributed by atoms with Crippen molar-refractivity contribution in [3.05, 3.63) is 58.9 Å². The average molecular weight is 436 g/mol. The van der Waals surface area contributed by atoms with Crippen molar-refractivity contribution >= 4 is 11.7 Å². The van der Waals surface area contributed by atoms with Crippen LogP contribution in [-0.2, 0) is 27.8 Å². The minimum Gasteiger partial charge on any atom is -0.508 e. The van der Waals surface area contributed by atoms with E-state index in [4.69, 9.17) is 4.74 Å². The van der Waals surface area contributed by atoms with Crippen LogP contribution in [0.4, 0.5) is 0 Å². The molecule has 1 saturated heterocycles. The number of nitrogens with zero attached hydrogens (tertiary/aromatic N) is 2. The summed E-state index contributed by atoms with van der Waals surface area (Å²) in [5, 5.41) is 22.5. The Kier molecular flexibility index (Phi) is 6.95. The van der Waals surface area contributed by atoms with E-state index in [0.29, 0.717) is 37.2 Å². The van der Waals surface area contributed by atoms with Gasteiger partial charge in [-0.15, -0.1) is 0 Å². The zero-order valence-corrected chi connectivity index (χ0v) is 18.8. The molecule has 1 aliphatic heterocycles. The highest BCUT2D eigenvalue weighted by molar-refractivity contribution is 5.93. The van der Waals surface area contributed by atoms with Gasteiger partial charge in [0.25, 0.3) is 5.91 Å². The summed E-state index contributed by atoms with van der Waals surface area (Å²) in [5.41, 5.74) is 1.39. The number of Topliss-reactive ketones (excluding diaryl/α,β-unsaturated/α-hetero) is 1. The van der Waals surface area contributed by atoms with Gasteiger partial charge in [0.1, 0.15) is 22.8 Å². The monoisotopic (exact) mass is 435 g/mol. The predicted molar refractivity (Wildman–Crippen MR) is 119 cm³/mol. The van der Waals surface area contributed by atoms with Gasteiger partial charge in [-0.3, -0.25) is 14.6 Å². The van der Waals surface area contributed by atoms with E-state index in [9.17, 15) is 20.0 Å². The van der Waals surface area contributed by atoms with Crippen molar-refractivity contribution in [3.8, 4) is 11.8 Å². The summed E-state index contributed by atoms with van der Waals surface area (Å²) in [5.74, 6) is -0.431. The van der Waals surface area contributed by atoms with E-state index in [1.807, 2.05) is 12.1 Å². The number of hydrogen-bond donors (Lipinski definition) is 2. The van der Waals surface area contributed by atoms with E-state index in [1.165, 1.54) is 6.20 Å². The van der Waals surface area contributed by atoms with Gasteiger partial charge in [0.05, 0.1) is 6.07 Å². The zero-order chi connectivity index (χ0) is 23.4. The summed E-state index contributed by atoms with van der Waals surface area (Å²) in [7, 11) is 0. The highest BCUT2D eigenvalue weighted by atomic mass is 16.5. The number of amides is 1. The number of phenolic OH excluding ortho intramolecular Hbond substituents is 1. The second kappa shape index (κ2) is 9.49. The van der Waals surface area contributed by atoms with Gasteiger partial charge < -0.3 is 15.2 Å². The number of carbonyl (C=O) groups excluding carboxylic acids is 2. The third-order valence-electron chi connectivity index (χ3n) is 5.70. The number of hydrogen-bond acceptors (Lipinski definition) is 6. The normalized spacial score (nSPS) is 15.6. The summed E-state index contributed by atoms with van der Waals surface area (Å²) in [6, 6.07) is 10.8. The first kappa shape index (κ1) is 23.4. The Morgan fingerprint density at radius 3 is 2.56 bits per heavy atom. The van der Waals surface area contributed by atoms with Crippen molar-refractivity contribution in [1.82, 2.24) is 10.3 Å². The van der Waals surface area contributed by atoms with Crippen LogP contribution in [0.1, 0.15) is 60.8 Å². The summed E-state index contributed by atoms with van der Waals surface area (Å²) in [6.07, 6.45) is 2.53. The number of ether oxygens (including phenoxy) is 1. The van der Waals surface area contributed by atoms with Crippen LogP contribution in [0.15, 0.2) is 36.5 Å². The van der Waals surface area contributed by atoms with Crippen LogP contribution >= 0.6 is 0 Å². The molecule has 2 aromatic rings. The fourth-order valence-electron chi connectivity index (χ4n) is 3.67. The van der Waals surface area contributed by atoms with E-state index >= 15 is 0 Å². The zero-order valence-electron chi connectivity index (χ0n) is 18.8. The van der Waals surface area contributed by atoms with Crippen molar-refractivity contribution in [3.63, 3.8) is 0 Å². The number of nitriles is 1. The lowest BCUT2D eigenvalue weighted by Crippen LogP contribution is -2.51. The minimum atomic E-state index is -0.960. The molecule has 0 radical (unpaired) electrons. The van der Waals surface area contributed by atoms with Crippen LogP contribution in [0.5, 0.6) is 5.75 Å². The van der Waals surface area contributed by atoms with E-state index in [2.05, 4.69) is 37.1 Å². The standard InChI is InChI=1S/C25H29N3O4/c1-24(2,3)19-4-5-22(30)18(14-19)15-20(29)12-17-6-9-27-21(13-17)23(31)28-25(16-26)7-10-32-11-8-25/h4-6,9,13-14,30H,7-8,10-12,15H2,1-3H3,(H,28,31). The first-order chi connectivity index (χ1) is 15.1. The maximum absolute atomic E-state index is 12.7. The summed E-state index contributed by atoms with van der Waals surface area (Å²) in [6.45, 7) is 7.06. The molecule has 7 nitrogen and oxygen atoms in total. The molecule has 0 bridgehead atoms. The molecule has 2 N–H and O–H groups in total. The van der Waals surface area contributed by atoms with Crippen LogP contribution in [0.2, 0.25) is 0 Å². The molecule has 1 aromatic carbocycles. The van der Waals surface area contributed by atoms with Gasteiger partial charge in [0, 0.05) is 50.7 Å². The molecule has 168 valence electrons. The van der Waals surface area contributed by atoms with Crippen LogP contribution in [0.3, 0.4) is 0 Å². The smallest absolute Gasteiger partial charge is 0.271 e. The Bertz CT molecular complexity index is 1040. The van der Waals surface area contributed by atoms with Gasteiger partial charge in [-0.25, -0.2) is 0 Å². The van der Waals surface area contributed by atoms with E-state index in [0.717, 1.165) is 5.56 Å². The van der Waals surface area contributed by atoms with Gasteiger partial charge in [-0.1, -0.05) is 32.9 Å². The molecule has 0 aliphatic carbocycles. The molecule has 1 amide bonds. The van der Waals surface area contributed by atoms with E-state index < -0.39 is 11.4 Å². The van der Waals surface area contributed by atoms with Crippen LogP contribution in [0, 0.1) is 11.3 Å². The predicted octanol–water partition coefficient (Wildman–Crippen LogP) is 3.24. The number of phenols is 1. The lowest BCUT2D eigenvalue weighted by atomic mass is 9.85. The Morgan fingerprint density at radius 1 is 1.19 bits per heavy atom. The molecule has 2 heterocycles. The van der Waals surface area contributed by atoms with Crippen LogP contribution in [-0.4, -0.2) is 40.5 Å². The molecule has 0 unspecified atom stereocenters.